The van der Waals surface area contributed by atoms with Crippen LogP contribution in [-0.2, 0) is 9.59 Å². The van der Waals surface area contributed by atoms with Crippen LogP contribution < -0.4 is 10.6 Å². The van der Waals surface area contributed by atoms with Gasteiger partial charge < -0.3 is 20.6 Å². The highest BCUT2D eigenvalue weighted by atomic mass is 16.4. The van der Waals surface area contributed by atoms with E-state index in [-0.39, 0.29) is 18.4 Å². The third kappa shape index (κ3) is 8.01. The maximum absolute atomic E-state index is 11.7. The Morgan fingerprint density at radius 3 is 2.47 bits per heavy atom. The Labute approximate surface area is 113 Å². The maximum Gasteiger partial charge on any atom is 0.317 e. The molecule has 0 aromatic heterocycles. The van der Waals surface area contributed by atoms with E-state index in [1.165, 1.54) is 4.90 Å². The van der Waals surface area contributed by atoms with Crippen molar-refractivity contribution in [3.05, 3.63) is 0 Å². The average molecular weight is 273 g/mol. The molecule has 0 aliphatic carbocycles. The standard InChI is InChI=1S/C12H23N3O4/c1-4-7-13-11(18)9(2)14-12(19)15(3)8-5-6-10(16)17/h9H,4-8H2,1-3H3,(H,13,18)(H,14,19)(H,16,17). The van der Waals surface area contributed by atoms with E-state index < -0.39 is 12.0 Å². The minimum Gasteiger partial charge on any atom is -0.481 e. The van der Waals surface area contributed by atoms with E-state index in [1.54, 1.807) is 14.0 Å². The quantitative estimate of drug-likeness (QED) is 0.596. The lowest BCUT2D eigenvalue weighted by molar-refractivity contribution is -0.137. The van der Waals surface area contributed by atoms with Gasteiger partial charge in [-0.15, -0.1) is 0 Å². The zero-order chi connectivity index (χ0) is 14.8. The molecule has 1 unspecified atom stereocenters. The van der Waals surface area contributed by atoms with Crippen molar-refractivity contribution in [1.29, 1.82) is 0 Å². The molecule has 1 atom stereocenters. The van der Waals surface area contributed by atoms with E-state index in [9.17, 15) is 14.4 Å². The fraction of sp³-hybridized carbons (Fsp3) is 0.750. The molecule has 7 nitrogen and oxygen atoms in total. The lowest BCUT2D eigenvalue weighted by Gasteiger charge is -2.20. The van der Waals surface area contributed by atoms with E-state index in [0.717, 1.165) is 6.42 Å². The van der Waals surface area contributed by atoms with Crippen molar-refractivity contribution in [2.24, 2.45) is 0 Å². The Kier molecular flexibility index (Phi) is 8.32. The fourth-order valence-electron chi connectivity index (χ4n) is 1.33. The predicted molar refractivity (Wildman–Crippen MR) is 70.8 cm³/mol. The second-order valence-corrected chi connectivity index (χ2v) is 4.38. The molecule has 0 rings (SSSR count). The number of nitrogens with zero attached hydrogens (tertiary/aromatic N) is 1. The molecule has 0 fully saturated rings. The molecule has 7 heteroatoms. The van der Waals surface area contributed by atoms with Crippen LogP contribution in [-0.4, -0.2) is 54.1 Å². The van der Waals surface area contributed by atoms with Gasteiger partial charge in [0.15, 0.2) is 0 Å². The van der Waals surface area contributed by atoms with Crippen molar-refractivity contribution in [3.8, 4) is 0 Å². The third-order valence-corrected chi connectivity index (χ3v) is 2.51. The van der Waals surface area contributed by atoms with Gasteiger partial charge in [0.1, 0.15) is 6.04 Å². The first-order valence-electron chi connectivity index (χ1n) is 6.39. The molecule has 0 aliphatic rings. The molecule has 110 valence electrons. The second-order valence-electron chi connectivity index (χ2n) is 4.38. The first-order valence-corrected chi connectivity index (χ1v) is 6.39. The van der Waals surface area contributed by atoms with Gasteiger partial charge in [0, 0.05) is 26.6 Å². The van der Waals surface area contributed by atoms with Crippen LogP contribution in [0.2, 0.25) is 0 Å². The number of carboxylic acids is 1. The fourth-order valence-corrected chi connectivity index (χ4v) is 1.33. The lowest BCUT2D eigenvalue weighted by Crippen LogP contribution is -2.49. The molecular weight excluding hydrogens is 250 g/mol. The molecule has 3 N–H and O–H groups in total. The van der Waals surface area contributed by atoms with Crippen molar-refractivity contribution in [2.45, 2.75) is 39.2 Å². The smallest absolute Gasteiger partial charge is 0.317 e. The number of carboxylic acid groups (broad SMARTS) is 1. The normalized spacial score (nSPS) is 11.5. The molecule has 0 aromatic carbocycles. The Balaban J connectivity index is 3.99. The van der Waals surface area contributed by atoms with Gasteiger partial charge in [-0.3, -0.25) is 9.59 Å². The van der Waals surface area contributed by atoms with Gasteiger partial charge in [0.05, 0.1) is 0 Å². The Hall–Kier alpha value is -1.79. The molecule has 0 aromatic rings. The largest absolute Gasteiger partial charge is 0.481 e. The Bertz CT molecular complexity index is 320. The van der Waals surface area contributed by atoms with E-state index in [0.29, 0.717) is 19.5 Å². The number of rotatable bonds is 8. The summed E-state index contributed by atoms with van der Waals surface area (Å²) in [5, 5.41) is 13.7. The summed E-state index contributed by atoms with van der Waals surface area (Å²) >= 11 is 0. The minimum absolute atomic E-state index is 0.0180. The van der Waals surface area contributed by atoms with Crippen LogP contribution in [0.15, 0.2) is 0 Å². The summed E-state index contributed by atoms with van der Waals surface area (Å²) in [6.45, 7) is 4.46. The molecule has 0 saturated carbocycles. The van der Waals surface area contributed by atoms with Gasteiger partial charge in [-0.25, -0.2) is 4.79 Å². The molecule has 0 spiro atoms. The molecule has 3 amide bonds. The van der Waals surface area contributed by atoms with Crippen molar-refractivity contribution in [2.75, 3.05) is 20.1 Å². The lowest BCUT2D eigenvalue weighted by atomic mass is 10.3. The summed E-state index contributed by atoms with van der Waals surface area (Å²) in [6, 6.07) is -0.995. The molecule has 0 saturated heterocycles. The van der Waals surface area contributed by atoms with E-state index in [4.69, 9.17) is 5.11 Å². The molecule has 0 aliphatic heterocycles. The van der Waals surface area contributed by atoms with Crippen molar-refractivity contribution in [3.63, 3.8) is 0 Å². The highest BCUT2D eigenvalue weighted by Gasteiger charge is 2.17. The molecular formula is C12H23N3O4. The summed E-state index contributed by atoms with van der Waals surface area (Å²) in [6.07, 6.45) is 1.24. The number of nitrogens with one attached hydrogen (secondary N) is 2. The number of carbonyl (C=O) groups is 3. The van der Waals surface area contributed by atoms with Gasteiger partial charge >= 0.3 is 12.0 Å². The number of aliphatic carboxylic acids is 1. The summed E-state index contributed by atoms with van der Waals surface area (Å²) in [5.74, 6) is -1.12. The van der Waals surface area contributed by atoms with Gasteiger partial charge in [-0.05, 0) is 19.8 Å². The number of hydrogen-bond acceptors (Lipinski definition) is 3. The zero-order valence-corrected chi connectivity index (χ0v) is 11.7. The van der Waals surface area contributed by atoms with Crippen LogP contribution in [0, 0.1) is 0 Å². The third-order valence-electron chi connectivity index (χ3n) is 2.51. The van der Waals surface area contributed by atoms with Gasteiger partial charge in [0.25, 0.3) is 0 Å². The van der Waals surface area contributed by atoms with E-state index in [2.05, 4.69) is 10.6 Å². The van der Waals surface area contributed by atoms with Crippen LogP contribution >= 0.6 is 0 Å². The SMILES string of the molecule is CCCNC(=O)C(C)NC(=O)N(C)CCCC(=O)O. The molecule has 19 heavy (non-hydrogen) atoms. The highest BCUT2D eigenvalue weighted by Crippen LogP contribution is 1.95. The number of urea groups is 1. The summed E-state index contributed by atoms with van der Waals surface area (Å²) in [5.41, 5.74) is 0. The summed E-state index contributed by atoms with van der Waals surface area (Å²) < 4.78 is 0. The van der Waals surface area contributed by atoms with Gasteiger partial charge in [-0.2, -0.15) is 0 Å². The van der Waals surface area contributed by atoms with Crippen LogP contribution in [0.5, 0.6) is 0 Å². The first-order chi connectivity index (χ1) is 8.88. The Morgan fingerprint density at radius 2 is 1.95 bits per heavy atom. The van der Waals surface area contributed by atoms with Crippen LogP contribution in [0.1, 0.15) is 33.1 Å². The van der Waals surface area contributed by atoms with Crippen molar-refractivity contribution >= 4 is 17.9 Å². The van der Waals surface area contributed by atoms with Gasteiger partial charge in [0.2, 0.25) is 5.91 Å². The molecule has 0 radical (unpaired) electrons. The summed E-state index contributed by atoms with van der Waals surface area (Å²) in [7, 11) is 1.56. The predicted octanol–water partition coefficient (Wildman–Crippen LogP) is 0.407. The van der Waals surface area contributed by atoms with E-state index in [1.807, 2.05) is 6.92 Å². The molecule has 0 bridgehead atoms. The van der Waals surface area contributed by atoms with Crippen molar-refractivity contribution in [1.82, 2.24) is 15.5 Å². The minimum atomic E-state index is -0.888. The van der Waals surface area contributed by atoms with E-state index >= 15 is 0 Å². The summed E-state index contributed by atoms with van der Waals surface area (Å²) in [4.78, 5) is 34.9. The second kappa shape index (κ2) is 9.18. The maximum atomic E-state index is 11.7. The zero-order valence-electron chi connectivity index (χ0n) is 11.7. The molecule has 0 heterocycles. The number of carbonyl (C=O) groups excluding carboxylic acids is 2. The van der Waals surface area contributed by atoms with Crippen molar-refractivity contribution < 1.29 is 19.5 Å². The average Bonchev–Trinajstić information content (AvgIpc) is 2.34. The number of amides is 3. The highest BCUT2D eigenvalue weighted by molar-refractivity contribution is 5.86. The monoisotopic (exact) mass is 273 g/mol. The van der Waals surface area contributed by atoms with Crippen LogP contribution in [0.3, 0.4) is 0 Å². The van der Waals surface area contributed by atoms with Crippen LogP contribution in [0.25, 0.3) is 0 Å². The van der Waals surface area contributed by atoms with Gasteiger partial charge in [-0.1, -0.05) is 6.92 Å². The topological polar surface area (TPSA) is 98.7 Å². The van der Waals surface area contributed by atoms with Crippen LogP contribution in [0.4, 0.5) is 4.79 Å². The first kappa shape index (κ1) is 17.2. The number of hydrogen-bond donors (Lipinski definition) is 3. The Morgan fingerprint density at radius 1 is 1.32 bits per heavy atom.